The Morgan fingerprint density at radius 2 is 1.71 bits per heavy atom. The molecular formula is C24H27NO5S. The van der Waals surface area contributed by atoms with Gasteiger partial charge in [0.1, 0.15) is 10.6 Å². The fraction of sp³-hybridized carbons (Fsp3) is 0.375. The maximum Gasteiger partial charge on any atom is 0.341 e. The fourth-order valence-electron chi connectivity index (χ4n) is 3.89. The van der Waals surface area contributed by atoms with Crippen LogP contribution >= 0.6 is 11.3 Å². The van der Waals surface area contributed by atoms with Gasteiger partial charge >= 0.3 is 11.9 Å². The molecule has 1 aromatic carbocycles. The Hall–Kier alpha value is -2.93. The molecule has 1 amide bonds. The van der Waals surface area contributed by atoms with Gasteiger partial charge in [-0.2, -0.15) is 0 Å². The smallest absolute Gasteiger partial charge is 0.341 e. The Kier molecular flexibility index (Phi) is 6.95. The van der Waals surface area contributed by atoms with E-state index >= 15 is 0 Å². The van der Waals surface area contributed by atoms with Crippen molar-refractivity contribution in [3.63, 3.8) is 0 Å². The average Bonchev–Trinajstić information content (AvgIpc) is 3.08. The minimum Gasteiger partial charge on any atom is -0.481 e. The van der Waals surface area contributed by atoms with Crippen LogP contribution in [0.4, 0.5) is 5.00 Å². The highest BCUT2D eigenvalue weighted by Crippen LogP contribution is 2.41. The second kappa shape index (κ2) is 9.47. The van der Waals surface area contributed by atoms with Gasteiger partial charge in [0.2, 0.25) is 5.91 Å². The first kappa shape index (κ1) is 22.7. The van der Waals surface area contributed by atoms with E-state index in [4.69, 9.17) is 4.74 Å². The number of rotatable bonds is 6. The quantitative estimate of drug-likeness (QED) is 0.472. The molecule has 1 aromatic heterocycles. The number of carboxylic acids is 1. The fourth-order valence-corrected chi connectivity index (χ4v) is 4.96. The number of thiophene rings is 1. The summed E-state index contributed by atoms with van der Waals surface area (Å²) in [6.07, 6.45) is 4.28. The van der Waals surface area contributed by atoms with Crippen LogP contribution in [0, 0.1) is 18.8 Å². The standard InChI is InChI=1S/C24H27NO5S/c1-13(2)15-9-11-16(12-10-15)19-14(3)31-22(20(19)24(29)30-4)25-21(26)17-7-5-6-8-18(17)23(27)28/h5-6,9-13,17-18H,7-8H2,1-4H3,(H,25,26)(H,27,28)/t17-,18+/m1/s1. The van der Waals surface area contributed by atoms with E-state index in [1.165, 1.54) is 24.0 Å². The van der Waals surface area contributed by atoms with Gasteiger partial charge in [-0.15, -0.1) is 11.3 Å². The number of carbonyl (C=O) groups excluding carboxylic acids is 2. The van der Waals surface area contributed by atoms with E-state index in [0.29, 0.717) is 29.3 Å². The van der Waals surface area contributed by atoms with Crippen molar-refractivity contribution in [2.24, 2.45) is 11.8 Å². The van der Waals surface area contributed by atoms with Gasteiger partial charge in [-0.3, -0.25) is 9.59 Å². The number of allylic oxidation sites excluding steroid dienone is 2. The first-order valence-corrected chi connectivity index (χ1v) is 11.1. The minimum absolute atomic E-state index is 0.300. The molecule has 0 bridgehead atoms. The molecule has 0 aliphatic heterocycles. The topological polar surface area (TPSA) is 92.7 Å². The molecule has 0 spiro atoms. The lowest BCUT2D eigenvalue weighted by molar-refractivity contribution is -0.146. The second-order valence-corrected chi connectivity index (χ2v) is 9.21. The first-order chi connectivity index (χ1) is 14.7. The molecule has 1 aliphatic rings. The van der Waals surface area contributed by atoms with Gasteiger partial charge in [-0.25, -0.2) is 4.79 Å². The summed E-state index contributed by atoms with van der Waals surface area (Å²) >= 11 is 1.29. The van der Waals surface area contributed by atoms with Gasteiger partial charge in [0, 0.05) is 10.4 Å². The summed E-state index contributed by atoms with van der Waals surface area (Å²) in [5.74, 6) is -3.02. The van der Waals surface area contributed by atoms with E-state index in [1.54, 1.807) is 6.08 Å². The van der Waals surface area contributed by atoms with E-state index in [0.717, 1.165) is 16.0 Å². The number of benzene rings is 1. The van der Waals surface area contributed by atoms with Gasteiger partial charge in [0.25, 0.3) is 0 Å². The number of nitrogens with one attached hydrogen (secondary N) is 1. The monoisotopic (exact) mass is 441 g/mol. The SMILES string of the molecule is COC(=O)c1c(NC(=O)[C@@H]2CC=CC[C@@H]2C(=O)O)sc(C)c1-c1ccc(C(C)C)cc1. The number of aryl methyl sites for hydroxylation is 1. The van der Waals surface area contributed by atoms with Crippen LogP contribution in [-0.2, 0) is 14.3 Å². The number of aliphatic carboxylic acids is 1. The summed E-state index contributed by atoms with van der Waals surface area (Å²) in [4.78, 5) is 38.1. The van der Waals surface area contributed by atoms with E-state index in [-0.39, 0.29) is 0 Å². The number of amides is 1. The van der Waals surface area contributed by atoms with E-state index in [2.05, 4.69) is 19.2 Å². The zero-order chi connectivity index (χ0) is 22.7. The van der Waals surface area contributed by atoms with E-state index in [1.807, 2.05) is 37.3 Å². The van der Waals surface area contributed by atoms with Crippen molar-refractivity contribution < 1.29 is 24.2 Å². The highest BCUT2D eigenvalue weighted by molar-refractivity contribution is 7.17. The zero-order valence-electron chi connectivity index (χ0n) is 18.1. The molecule has 0 saturated heterocycles. The van der Waals surface area contributed by atoms with Crippen molar-refractivity contribution in [1.29, 1.82) is 0 Å². The molecule has 1 aliphatic carbocycles. The van der Waals surface area contributed by atoms with Crippen molar-refractivity contribution in [3.05, 3.63) is 52.4 Å². The molecular weight excluding hydrogens is 414 g/mol. The third-order valence-electron chi connectivity index (χ3n) is 5.66. The molecule has 0 radical (unpaired) electrons. The van der Waals surface area contributed by atoms with Crippen molar-refractivity contribution in [2.45, 2.75) is 39.5 Å². The molecule has 0 saturated carbocycles. The van der Waals surface area contributed by atoms with Gasteiger partial charge in [-0.1, -0.05) is 50.3 Å². The summed E-state index contributed by atoms with van der Waals surface area (Å²) in [5.41, 5.74) is 3.08. The van der Waals surface area contributed by atoms with E-state index < -0.39 is 29.7 Å². The molecule has 3 rings (SSSR count). The average molecular weight is 442 g/mol. The lowest BCUT2D eigenvalue weighted by atomic mass is 9.82. The van der Waals surface area contributed by atoms with Crippen molar-refractivity contribution in [1.82, 2.24) is 0 Å². The molecule has 0 fully saturated rings. The number of esters is 1. The van der Waals surface area contributed by atoms with Crippen molar-refractivity contribution >= 4 is 34.2 Å². The highest BCUT2D eigenvalue weighted by Gasteiger charge is 2.35. The Morgan fingerprint density at radius 1 is 1.10 bits per heavy atom. The molecule has 2 aromatic rings. The summed E-state index contributed by atoms with van der Waals surface area (Å²) in [7, 11) is 1.30. The van der Waals surface area contributed by atoms with Crippen LogP contribution in [0.2, 0.25) is 0 Å². The van der Waals surface area contributed by atoms with Gasteiger partial charge in [-0.05, 0) is 36.8 Å². The summed E-state index contributed by atoms with van der Waals surface area (Å²) in [6.45, 7) is 6.12. The number of carboxylic acid groups (broad SMARTS) is 1. The normalized spacial score (nSPS) is 18.1. The number of ether oxygens (including phenoxy) is 1. The highest BCUT2D eigenvalue weighted by atomic mass is 32.1. The van der Waals surface area contributed by atoms with Gasteiger partial charge in [0.05, 0.1) is 18.9 Å². The van der Waals surface area contributed by atoms with Crippen LogP contribution in [0.15, 0.2) is 36.4 Å². The molecule has 31 heavy (non-hydrogen) atoms. The number of hydrogen-bond donors (Lipinski definition) is 2. The molecule has 0 unspecified atom stereocenters. The number of anilines is 1. The largest absolute Gasteiger partial charge is 0.481 e. The third kappa shape index (κ3) is 4.71. The summed E-state index contributed by atoms with van der Waals surface area (Å²) in [5, 5.41) is 12.7. The zero-order valence-corrected chi connectivity index (χ0v) is 18.9. The molecule has 2 atom stereocenters. The summed E-state index contributed by atoms with van der Waals surface area (Å²) < 4.78 is 5.01. The van der Waals surface area contributed by atoms with Crippen LogP contribution in [0.5, 0.6) is 0 Å². The van der Waals surface area contributed by atoms with Crippen molar-refractivity contribution in [3.8, 4) is 11.1 Å². The number of carbonyl (C=O) groups is 3. The Balaban J connectivity index is 1.98. The maximum atomic E-state index is 13.0. The number of hydrogen-bond acceptors (Lipinski definition) is 5. The molecule has 1 heterocycles. The van der Waals surface area contributed by atoms with Crippen LogP contribution in [-0.4, -0.2) is 30.1 Å². The lowest BCUT2D eigenvalue weighted by Crippen LogP contribution is -2.34. The van der Waals surface area contributed by atoms with E-state index in [9.17, 15) is 19.5 Å². The van der Waals surface area contributed by atoms with Crippen LogP contribution in [0.3, 0.4) is 0 Å². The van der Waals surface area contributed by atoms with Crippen molar-refractivity contribution in [2.75, 3.05) is 12.4 Å². The van der Waals surface area contributed by atoms with Gasteiger partial charge < -0.3 is 15.2 Å². The maximum absolute atomic E-state index is 13.0. The van der Waals surface area contributed by atoms with Crippen LogP contribution in [0.25, 0.3) is 11.1 Å². The molecule has 7 heteroatoms. The third-order valence-corrected chi connectivity index (χ3v) is 6.68. The van der Waals surface area contributed by atoms with Gasteiger partial charge in [0.15, 0.2) is 0 Å². The Labute approximate surface area is 185 Å². The Morgan fingerprint density at radius 3 is 2.26 bits per heavy atom. The molecule has 6 nitrogen and oxygen atoms in total. The van der Waals surface area contributed by atoms with Crippen LogP contribution < -0.4 is 5.32 Å². The van der Waals surface area contributed by atoms with Crippen LogP contribution in [0.1, 0.15) is 53.4 Å². The second-order valence-electron chi connectivity index (χ2n) is 7.99. The summed E-state index contributed by atoms with van der Waals surface area (Å²) in [6, 6.07) is 7.99. The lowest BCUT2D eigenvalue weighted by Gasteiger charge is -2.24. The predicted molar refractivity (Wildman–Crippen MR) is 122 cm³/mol. The predicted octanol–water partition coefficient (Wildman–Crippen LogP) is 5.24. The first-order valence-electron chi connectivity index (χ1n) is 10.2. The minimum atomic E-state index is -0.994. The Bertz CT molecular complexity index is 1020. The molecule has 2 N–H and O–H groups in total. The molecule has 164 valence electrons. The number of methoxy groups -OCH3 is 1.